The van der Waals surface area contributed by atoms with Crippen LogP contribution in [0.1, 0.15) is 29.3 Å². The van der Waals surface area contributed by atoms with E-state index in [9.17, 15) is 22.8 Å². The van der Waals surface area contributed by atoms with Gasteiger partial charge in [-0.05, 0) is 24.1 Å². The zero-order chi connectivity index (χ0) is 16.3. The monoisotopic (exact) mass is 314 g/mol. The van der Waals surface area contributed by atoms with Gasteiger partial charge in [0.1, 0.15) is 6.54 Å². The molecule has 1 aromatic rings. The van der Waals surface area contributed by atoms with E-state index in [1.807, 2.05) is 19.1 Å². The number of amides is 2. The third-order valence-corrected chi connectivity index (χ3v) is 3.54. The summed E-state index contributed by atoms with van der Waals surface area (Å²) in [6.07, 6.45) is -3.68. The van der Waals surface area contributed by atoms with Crippen LogP contribution in [0.5, 0.6) is 0 Å². The molecule has 1 heterocycles. The molecule has 0 bridgehead atoms. The van der Waals surface area contributed by atoms with E-state index in [-0.39, 0.29) is 18.9 Å². The summed E-state index contributed by atoms with van der Waals surface area (Å²) in [7, 11) is 0. The first-order valence-electron chi connectivity index (χ1n) is 7.03. The van der Waals surface area contributed by atoms with Crippen molar-refractivity contribution in [1.82, 2.24) is 10.2 Å². The highest BCUT2D eigenvalue weighted by Crippen LogP contribution is 2.21. The Labute approximate surface area is 126 Å². The lowest BCUT2D eigenvalue weighted by atomic mass is 10.1. The number of benzene rings is 1. The molecule has 0 saturated carbocycles. The predicted octanol–water partition coefficient (Wildman–Crippen LogP) is 2.14. The third-order valence-electron chi connectivity index (χ3n) is 3.54. The fourth-order valence-corrected chi connectivity index (χ4v) is 2.40. The van der Waals surface area contributed by atoms with Crippen LogP contribution in [-0.4, -0.2) is 42.0 Å². The molecule has 0 unspecified atom stereocenters. The minimum atomic E-state index is -4.43. The average molecular weight is 314 g/mol. The van der Waals surface area contributed by atoms with Crippen LogP contribution in [0.2, 0.25) is 0 Å². The molecule has 2 amide bonds. The number of rotatable bonds is 4. The van der Waals surface area contributed by atoms with Gasteiger partial charge in [0.2, 0.25) is 5.91 Å². The van der Waals surface area contributed by atoms with E-state index in [1.165, 1.54) is 0 Å². The molecule has 1 aliphatic rings. The fourth-order valence-electron chi connectivity index (χ4n) is 2.40. The van der Waals surface area contributed by atoms with Crippen molar-refractivity contribution in [1.29, 1.82) is 0 Å². The molecule has 0 radical (unpaired) electrons. The molecular weight excluding hydrogens is 297 g/mol. The number of hydrogen-bond donors (Lipinski definition) is 1. The lowest BCUT2D eigenvalue weighted by molar-refractivity contribution is -0.157. The van der Waals surface area contributed by atoms with E-state index in [4.69, 9.17) is 0 Å². The Morgan fingerprint density at radius 3 is 2.50 bits per heavy atom. The van der Waals surface area contributed by atoms with Gasteiger partial charge in [-0.1, -0.05) is 19.1 Å². The molecule has 0 aromatic heterocycles. The van der Waals surface area contributed by atoms with Crippen LogP contribution in [0, 0.1) is 0 Å². The van der Waals surface area contributed by atoms with E-state index in [0.29, 0.717) is 5.56 Å². The number of halogens is 3. The number of nitrogens with zero attached hydrogens (tertiary/aromatic N) is 1. The third kappa shape index (κ3) is 4.22. The van der Waals surface area contributed by atoms with Crippen LogP contribution >= 0.6 is 0 Å². The van der Waals surface area contributed by atoms with Crippen LogP contribution in [-0.2, 0) is 11.2 Å². The van der Waals surface area contributed by atoms with Gasteiger partial charge in [-0.25, -0.2) is 0 Å². The van der Waals surface area contributed by atoms with Crippen LogP contribution in [0.3, 0.4) is 0 Å². The zero-order valence-corrected chi connectivity index (χ0v) is 12.1. The van der Waals surface area contributed by atoms with Gasteiger partial charge < -0.3 is 10.2 Å². The second-order valence-corrected chi connectivity index (χ2v) is 5.31. The number of nitrogens with one attached hydrogen (secondary N) is 1. The van der Waals surface area contributed by atoms with Gasteiger partial charge in [-0.3, -0.25) is 9.59 Å². The van der Waals surface area contributed by atoms with Crippen molar-refractivity contribution in [2.75, 3.05) is 13.1 Å². The summed E-state index contributed by atoms with van der Waals surface area (Å²) < 4.78 is 37.0. The summed E-state index contributed by atoms with van der Waals surface area (Å²) in [6.45, 7) is 0.606. The van der Waals surface area contributed by atoms with Crippen molar-refractivity contribution in [3.8, 4) is 0 Å². The summed E-state index contributed by atoms with van der Waals surface area (Å²) in [5.74, 6) is -0.974. The first kappa shape index (κ1) is 16.3. The number of hydrogen-bond acceptors (Lipinski definition) is 2. The van der Waals surface area contributed by atoms with Crippen molar-refractivity contribution >= 4 is 11.8 Å². The average Bonchev–Trinajstić information content (AvgIpc) is 2.76. The van der Waals surface area contributed by atoms with Gasteiger partial charge in [0.15, 0.2) is 0 Å². The van der Waals surface area contributed by atoms with Crippen LogP contribution in [0.25, 0.3) is 0 Å². The summed E-state index contributed by atoms with van der Waals surface area (Å²) in [6, 6.07) is 6.39. The Kier molecular flexibility index (Phi) is 4.73. The molecule has 1 N–H and O–H groups in total. The summed E-state index contributed by atoms with van der Waals surface area (Å²) in [5.41, 5.74) is 1.52. The number of aryl methyl sites for hydroxylation is 1. The summed E-state index contributed by atoms with van der Waals surface area (Å²) in [4.78, 5) is 24.3. The van der Waals surface area contributed by atoms with Gasteiger partial charge in [0.05, 0.1) is 6.04 Å². The lowest BCUT2D eigenvalue weighted by Crippen LogP contribution is -2.39. The first-order chi connectivity index (χ1) is 10.3. The maximum atomic E-state index is 12.3. The number of alkyl halides is 3. The van der Waals surface area contributed by atoms with E-state index < -0.39 is 24.7 Å². The Bertz CT molecular complexity index is 555. The molecular formula is C15H17F3N2O2. The highest BCUT2D eigenvalue weighted by atomic mass is 19.4. The van der Waals surface area contributed by atoms with E-state index in [2.05, 4.69) is 5.32 Å². The van der Waals surface area contributed by atoms with Gasteiger partial charge in [-0.2, -0.15) is 13.2 Å². The standard InChI is InChI=1S/C15H17F3N2O2/c1-2-10-3-5-11(6-4-10)14(22)19-12-7-13(21)20(8-12)9-15(16,17)18/h3-6,12H,2,7-9H2,1H3,(H,19,22)/t12-/m0/s1. The van der Waals surface area contributed by atoms with Crippen LogP contribution < -0.4 is 5.32 Å². The maximum Gasteiger partial charge on any atom is 0.406 e. The lowest BCUT2D eigenvalue weighted by Gasteiger charge is -2.18. The minimum absolute atomic E-state index is 0.102. The van der Waals surface area contributed by atoms with E-state index >= 15 is 0 Å². The normalized spacial score (nSPS) is 18.6. The smallest absolute Gasteiger partial charge is 0.347 e. The van der Waals surface area contributed by atoms with Crippen molar-refractivity contribution in [2.45, 2.75) is 32.0 Å². The topological polar surface area (TPSA) is 49.4 Å². The molecule has 4 nitrogen and oxygen atoms in total. The molecule has 2 rings (SSSR count). The van der Waals surface area contributed by atoms with Crippen molar-refractivity contribution < 1.29 is 22.8 Å². The number of carbonyl (C=O) groups is 2. The van der Waals surface area contributed by atoms with Gasteiger partial charge >= 0.3 is 6.18 Å². The van der Waals surface area contributed by atoms with Gasteiger partial charge in [-0.15, -0.1) is 0 Å². The van der Waals surface area contributed by atoms with Gasteiger partial charge in [0.25, 0.3) is 5.91 Å². The van der Waals surface area contributed by atoms with Crippen molar-refractivity contribution in [3.63, 3.8) is 0 Å². The van der Waals surface area contributed by atoms with Crippen LogP contribution in [0.4, 0.5) is 13.2 Å². The quantitative estimate of drug-likeness (QED) is 0.926. The largest absolute Gasteiger partial charge is 0.406 e. The zero-order valence-electron chi connectivity index (χ0n) is 12.1. The van der Waals surface area contributed by atoms with E-state index in [0.717, 1.165) is 16.9 Å². The maximum absolute atomic E-state index is 12.3. The summed E-state index contributed by atoms with van der Waals surface area (Å²) >= 11 is 0. The molecule has 1 aliphatic heterocycles. The second-order valence-electron chi connectivity index (χ2n) is 5.31. The Balaban J connectivity index is 1.93. The molecule has 1 saturated heterocycles. The highest BCUT2D eigenvalue weighted by molar-refractivity contribution is 5.95. The fraction of sp³-hybridized carbons (Fsp3) is 0.467. The molecule has 1 fully saturated rings. The molecule has 22 heavy (non-hydrogen) atoms. The van der Waals surface area contributed by atoms with Crippen molar-refractivity contribution in [2.24, 2.45) is 0 Å². The Morgan fingerprint density at radius 2 is 1.95 bits per heavy atom. The molecule has 0 aliphatic carbocycles. The molecule has 120 valence electrons. The second kappa shape index (κ2) is 6.37. The number of carbonyl (C=O) groups excluding carboxylic acids is 2. The highest BCUT2D eigenvalue weighted by Gasteiger charge is 2.38. The Hall–Kier alpha value is -2.05. The number of likely N-dealkylation sites (tertiary alicyclic amines) is 1. The Morgan fingerprint density at radius 1 is 1.32 bits per heavy atom. The molecule has 0 spiro atoms. The van der Waals surface area contributed by atoms with E-state index in [1.54, 1.807) is 12.1 Å². The predicted molar refractivity (Wildman–Crippen MR) is 74.3 cm³/mol. The minimum Gasteiger partial charge on any atom is -0.347 e. The first-order valence-corrected chi connectivity index (χ1v) is 7.03. The molecule has 7 heteroatoms. The van der Waals surface area contributed by atoms with Gasteiger partial charge in [0, 0.05) is 18.5 Å². The van der Waals surface area contributed by atoms with Crippen LogP contribution in [0.15, 0.2) is 24.3 Å². The van der Waals surface area contributed by atoms with Crippen molar-refractivity contribution in [3.05, 3.63) is 35.4 Å². The molecule has 1 aromatic carbocycles. The summed E-state index contributed by atoms with van der Waals surface area (Å²) in [5, 5.41) is 2.61. The SMILES string of the molecule is CCc1ccc(C(=O)N[C@H]2CC(=O)N(CC(F)(F)F)C2)cc1. The molecule has 1 atom stereocenters.